The molecule has 6 heteroatoms. The standard InChI is InChI=1S/C20H19N3O3/c1-26-18-9-5-3-7-14(18)11-17(19(21)24)23-20(25)15-10-13-6-2-4-8-16(13)22-12-15/h2-10,12,17H,11H2,1H3,(H2,21,24)(H,23,25)/t17-/m0/s1. The molecule has 0 spiro atoms. The Hall–Kier alpha value is -3.41. The third-order valence-electron chi connectivity index (χ3n) is 4.12. The molecule has 26 heavy (non-hydrogen) atoms. The highest BCUT2D eigenvalue weighted by molar-refractivity contribution is 5.99. The third kappa shape index (κ3) is 3.80. The van der Waals surface area contributed by atoms with Crippen molar-refractivity contribution < 1.29 is 14.3 Å². The summed E-state index contributed by atoms with van der Waals surface area (Å²) in [5, 5.41) is 3.54. The Balaban J connectivity index is 1.80. The van der Waals surface area contributed by atoms with Crippen molar-refractivity contribution in [2.45, 2.75) is 12.5 Å². The van der Waals surface area contributed by atoms with Crippen LogP contribution in [0.1, 0.15) is 15.9 Å². The van der Waals surface area contributed by atoms with Gasteiger partial charge in [0.1, 0.15) is 11.8 Å². The van der Waals surface area contributed by atoms with Crippen molar-refractivity contribution in [2.75, 3.05) is 7.11 Å². The molecule has 1 atom stereocenters. The van der Waals surface area contributed by atoms with E-state index in [0.29, 0.717) is 11.3 Å². The number of amides is 2. The minimum atomic E-state index is -0.856. The number of benzene rings is 2. The zero-order valence-corrected chi connectivity index (χ0v) is 14.3. The van der Waals surface area contributed by atoms with Gasteiger partial charge in [-0.25, -0.2) is 0 Å². The summed E-state index contributed by atoms with van der Waals surface area (Å²) in [6.07, 6.45) is 1.73. The molecule has 2 amide bonds. The van der Waals surface area contributed by atoms with Crippen LogP contribution in [0, 0.1) is 0 Å². The number of hydrogen-bond donors (Lipinski definition) is 2. The van der Waals surface area contributed by atoms with E-state index in [2.05, 4.69) is 10.3 Å². The van der Waals surface area contributed by atoms with Gasteiger partial charge in [-0.3, -0.25) is 14.6 Å². The maximum atomic E-state index is 12.6. The zero-order valence-electron chi connectivity index (χ0n) is 14.3. The molecule has 3 aromatic rings. The van der Waals surface area contributed by atoms with Gasteiger partial charge in [0.2, 0.25) is 5.91 Å². The number of ether oxygens (including phenoxy) is 1. The molecule has 0 bridgehead atoms. The minimum absolute atomic E-state index is 0.242. The maximum Gasteiger partial charge on any atom is 0.253 e. The Bertz CT molecular complexity index is 956. The predicted octanol–water partition coefficient (Wildman–Crippen LogP) is 2.07. The van der Waals surface area contributed by atoms with E-state index in [-0.39, 0.29) is 6.42 Å². The molecule has 3 N–H and O–H groups in total. The summed E-state index contributed by atoms with van der Waals surface area (Å²) < 4.78 is 5.29. The van der Waals surface area contributed by atoms with Gasteiger partial charge in [-0.2, -0.15) is 0 Å². The van der Waals surface area contributed by atoms with Gasteiger partial charge in [-0.05, 0) is 23.8 Å². The molecule has 0 saturated carbocycles. The number of nitrogens with zero attached hydrogens (tertiary/aromatic N) is 1. The molecule has 0 aliphatic carbocycles. The van der Waals surface area contributed by atoms with Crippen LogP contribution >= 0.6 is 0 Å². The van der Waals surface area contributed by atoms with Gasteiger partial charge in [0.05, 0.1) is 18.2 Å². The quantitative estimate of drug-likeness (QED) is 0.712. The Kier molecular flexibility index (Phi) is 5.12. The highest BCUT2D eigenvalue weighted by atomic mass is 16.5. The van der Waals surface area contributed by atoms with E-state index in [1.807, 2.05) is 42.5 Å². The monoisotopic (exact) mass is 349 g/mol. The first kappa shape index (κ1) is 17.4. The average molecular weight is 349 g/mol. The number of nitrogens with two attached hydrogens (primary N) is 1. The molecule has 0 saturated heterocycles. The number of hydrogen-bond acceptors (Lipinski definition) is 4. The number of nitrogens with one attached hydrogen (secondary N) is 1. The number of methoxy groups -OCH3 is 1. The molecule has 0 unspecified atom stereocenters. The number of aromatic nitrogens is 1. The predicted molar refractivity (Wildman–Crippen MR) is 98.9 cm³/mol. The number of carbonyl (C=O) groups is 2. The van der Waals surface area contributed by atoms with Crippen LogP contribution in [0.2, 0.25) is 0 Å². The molecular formula is C20H19N3O3. The summed E-state index contributed by atoms with van der Waals surface area (Å²) in [7, 11) is 1.55. The Morgan fingerprint density at radius 1 is 1.15 bits per heavy atom. The molecule has 0 fully saturated rings. The summed E-state index contributed by atoms with van der Waals surface area (Å²) in [4.78, 5) is 28.7. The van der Waals surface area contributed by atoms with Crippen LogP contribution in [0.3, 0.4) is 0 Å². The number of rotatable bonds is 6. The molecule has 0 aliphatic heterocycles. The average Bonchev–Trinajstić information content (AvgIpc) is 2.67. The van der Waals surface area contributed by atoms with Crippen molar-refractivity contribution in [3.63, 3.8) is 0 Å². The largest absolute Gasteiger partial charge is 0.496 e. The first-order valence-corrected chi connectivity index (χ1v) is 8.15. The summed E-state index contributed by atoms with van der Waals surface area (Å²) >= 11 is 0. The van der Waals surface area contributed by atoms with E-state index < -0.39 is 17.9 Å². The van der Waals surface area contributed by atoms with Crippen LogP contribution < -0.4 is 15.8 Å². The lowest BCUT2D eigenvalue weighted by molar-refractivity contribution is -0.119. The van der Waals surface area contributed by atoms with Gasteiger partial charge < -0.3 is 15.8 Å². The smallest absolute Gasteiger partial charge is 0.253 e. The molecule has 1 aromatic heterocycles. The molecule has 0 radical (unpaired) electrons. The van der Waals surface area contributed by atoms with Crippen LogP contribution in [0.4, 0.5) is 0 Å². The van der Waals surface area contributed by atoms with E-state index in [1.54, 1.807) is 19.2 Å². The molecule has 132 valence electrons. The summed E-state index contributed by atoms with van der Waals surface area (Å²) in [5.41, 5.74) is 7.44. The second-order valence-electron chi connectivity index (χ2n) is 5.86. The lowest BCUT2D eigenvalue weighted by Crippen LogP contribution is -2.45. The van der Waals surface area contributed by atoms with E-state index in [4.69, 9.17) is 10.5 Å². The van der Waals surface area contributed by atoms with Gasteiger partial charge >= 0.3 is 0 Å². The number of pyridine rings is 1. The lowest BCUT2D eigenvalue weighted by Gasteiger charge is -2.17. The summed E-state index contributed by atoms with van der Waals surface area (Å²) in [6, 6.07) is 15.7. The number of primary amides is 1. The van der Waals surface area contributed by atoms with Crippen LogP contribution in [0.25, 0.3) is 10.9 Å². The van der Waals surface area contributed by atoms with Gasteiger partial charge in [-0.15, -0.1) is 0 Å². The van der Waals surface area contributed by atoms with Crippen LogP contribution in [-0.4, -0.2) is 29.9 Å². The van der Waals surface area contributed by atoms with Gasteiger partial charge in [0.15, 0.2) is 0 Å². The number of fused-ring (bicyclic) bond motifs is 1. The van der Waals surface area contributed by atoms with Crippen LogP contribution in [0.5, 0.6) is 5.75 Å². The summed E-state index contributed by atoms with van der Waals surface area (Å²) in [5.74, 6) is -0.375. The lowest BCUT2D eigenvalue weighted by atomic mass is 10.0. The van der Waals surface area contributed by atoms with E-state index in [9.17, 15) is 9.59 Å². The number of para-hydroxylation sites is 2. The molecule has 2 aromatic carbocycles. The molecule has 3 rings (SSSR count). The van der Waals surface area contributed by atoms with Crippen molar-refractivity contribution in [3.05, 3.63) is 71.9 Å². The second-order valence-corrected chi connectivity index (χ2v) is 5.86. The van der Waals surface area contributed by atoms with Gasteiger partial charge in [-0.1, -0.05) is 36.4 Å². The van der Waals surface area contributed by atoms with E-state index in [1.165, 1.54) is 6.20 Å². The first-order valence-electron chi connectivity index (χ1n) is 8.15. The van der Waals surface area contributed by atoms with Crippen molar-refractivity contribution in [2.24, 2.45) is 5.73 Å². The van der Waals surface area contributed by atoms with Crippen molar-refractivity contribution in [1.29, 1.82) is 0 Å². The van der Waals surface area contributed by atoms with Crippen LogP contribution in [-0.2, 0) is 11.2 Å². The Morgan fingerprint density at radius 2 is 1.88 bits per heavy atom. The highest BCUT2D eigenvalue weighted by Gasteiger charge is 2.21. The Morgan fingerprint density at radius 3 is 2.65 bits per heavy atom. The molecule has 1 heterocycles. The van der Waals surface area contributed by atoms with Gasteiger partial charge in [0, 0.05) is 18.0 Å². The molecule has 6 nitrogen and oxygen atoms in total. The van der Waals surface area contributed by atoms with Crippen molar-refractivity contribution in [3.8, 4) is 5.75 Å². The summed E-state index contributed by atoms with van der Waals surface area (Å²) in [6.45, 7) is 0. The molecular weight excluding hydrogens is 330 g/mol. The normalized spacial score (nSPS) is 11.7. The van der Waals surface area contributed by atoms with Crippen molar-refractivity contribution >= 4 is 22.7 Å². The topological polar surface area (TPSA) is 94.3 Å². The first-order chi connectivity index (χ1) is 12.6. The minimum Gasteiger partial charge on any atom is -0.496 e. The number of carbonyl (C=O) groups excluding carboxylic acids is 2. The van der Waals surface area contributed by atoms with Crippen molar-refractivity contribution in [1.82, 2.24) is 10.3 Å². The van der Waals surface area contributed by atoms with E-state index >= 15 is 0 Å². The fourth-order valence-electron chi connectivity index (χ4n) is 2.75. The SMILES string of the molecule is COc1ccccc1C[C@H](NC(=O)c1cnc2ccccc2c1)C(N)=O. The highest BCUT2D eigenvalue weighted by Crippen LogP contribution is 2.19. The Labute approximate surface area is 151 Å². The molecule has 0 aliphatic rings. The van der Waals surface area contributed by atoms with E-state index in [0.717, 1.165) is 16.5 Å². The zero-order chi connectivity index (χ0) is 18.5. The third-order valence-corrected chi connectivity index (χ3v) is 4.12. The second kappa shape index (κ2) is 7.65. The maximum absolute atomic E-state index is 12.6. The fraction of sp³-hybridized carbons (Fsp3) is 0.150. The van der Waals surface area contributed by atoms with Crippen LogP contribution in [0.15, 0.2) is 60.8 Å². The fourth-order valence-corrected chi connectivity index (χ4v) is 2.75. The van der Waals surface area contributed by atoms with Gasteiger partial charge in [0.25, 0.3) is 5.91 Å².